The summed E-state index contributed by atoms with van der Waals surface area (Å²) in [6, 6.07) is 0.747. The molecule has 1 aliphatic carbocycles. The van der Waals surface area contributed by atoms with E-state index in [9.17, 15) is 0 Å². The Morgan fingerprint density at radius 1 is 1.07 bits per heavy atom. The van der Waals surface area contributed by atoms with E-state index in [1.165, 1.54) is 38.8 Å². The van der Waals surface area contributed by atoms with Crippen LogP contribution in [-0.2, 0) is 0 Å². The zero-order valence-corrected chi connectivity index (χ0v) is 10.00. The minimum Gasteiger partial charge on any atom is -0.300 e. The summed E-state index contributed by atoms with van der Waals surface area (Å²) in [6.07, 6.45) is 6.00. The lowest BCUT2D eigenvalue weighted by Gasteiger charge is -2.28. The fourth-order valence-electron chi connectivity index (χ4n) is 3.45. The average Bonchev–Trinajstić information content (AvgIpc) is 2.45. The lowest BCUT2D eigenvalue weighted by atomic mass is 9.89. The third kappa shape index (κ3) is 2.13. The Morgan fingerprint density at radius 2 is 1.79 bits per heavy atom. The van der Waals surface area contributed by atoms with E-state index in [1.807, 2.05) is 0 Å². The van der Waals surface area contributed by atoms with E-state index in [0.717, 1.165) is 23.8 Å². The molecule has 0 aromatic carbocycles. The Bertz CT molecular complexity index is 188. The van der Waals surface area contributed by atoms with Gasteiger partial charge in [0.15, 0.2) is 0 Å². The Morgan fingerprint density at radius 3 is 2.50 bits per heavy atom. The largest absolute Gasteiger partial charge is 0.300 e. The van der Waals surface area contributed by atoms with Gasteiger partial charge >= 0.3 is 0 Å². The van der Waals surface area contributed by atoms with Crippen molar-refractivity contribution >= 4 is 0 Å². The van der Waals surface area contributed by atoms with E-state index in [4.69, 9.17) is 0 Å². The second-order valence-electron chi connectivity index (χ2n) is 5.84. The maximum atomic E-state index is 2.71. The van der Waals surface area contributed by atoms with Gasteiger partial charge in [-0.2, -0.15) is 0 Å². The highest BCUT2D eigenvalue weighted by atomic mass is 15.2. The molecule has 1 aliphatic heterocycles. The molecule has 0 bridgehead atoms. The molecule has 3 unspecified atom stereocenters. The third-order valence-electron chi connectivity index (χ3n) is 4.27. The topological polar surface area (TPSA) is 3.24 Å². The molecule has 0 aromatic rings. The van der Waals surface area contributed by atoms with Gasteiger partial charge in [0.1, 0.15) is 0 Å². The smallest absolute Gasteiger partial charge is 0.00388 e. The van der Waals surface area contributed by atoms with Gasteiger partial charge in [0.2, 0.25) is 0 Å². The highest BCUT2D eigenvalue weighted by Gasteiger charge is 2.33. The van der Waals surface area contributed by atoms with Crippen LogP contribution in [0.2, 0.25) is 0 Å². The van der Waals surface area contributed by atoms with Crippen molar-refractivity contribution in [2.75, 3.05) is 13.1 Å². The molecule has 1 saturated carbocycles. The van der Waals surface area contributed by atoms with Gasteiger partial charge in [-0.1, -0.05) is 19.8 Å². The van der Waals surface area contributed by atoms with Crippen molar-refractivity contribution in [3.8, 4) is 0 Å². The zero-order valence-electron chi connectivity index (χ0n) is 10.00. The minimum absolute atomic E-state index is 0.747. The first-order valence-corrected chi connectivity index (χ1v) is 6.41. The first-order chi connectivity index (χ1) is 6.66. The van der Waals surface area contributed by atoms with Crippen LogP contribution in [0.1, 0.15) is 46.5 Å². The van der Waals surface area contributed by atoms with Crippen LogP contribution >= 0.6 is 0 Å². The first-order valence-electron chi connectivity index (χ1n) is 6.41. The maximum absolute atomic E-state index is 2.71. The molecule has 2 fully saturated rings. The summed E-state index contributed by atoms with van der Waals surface area (Å²) >= 11 is 0. The molecular weight excluding hydrogens is 170 g/mol. The van der Waals surface area contributed by atoms with E-state index in [-0.39, 0.29) is 0 Å². The molecule has 1 heterocycles. The van der Waals surface area contributed by atoms with Gasteiger partial charge in [-0.25, -0.2) is 0 Å². The summed E-state index contributed by atoms with van der Waals surface area (Å²) in [4.78, 5) is 2.71. The van der Waals surface area contributed by atoms with Crippen LogP contribution < -0.4 is 0 Å². The molecule has 0 N–H and O–H groups in total. The van der Waals surface area contributed by atoms with E-state index in [0.29, 0.717) is 0 Å². The van der Waals surface area contributed by atoms with Crippen LogP contribution in [0, 0.1) is 17.8 Å². The number of hydrogen-bond donors (Lipinski definition) is 0. The van der Waals surface area contributed by atoms with Gasteiger partial charge in [0.05, 0.1) is 0 Å². The fraction of sp³-hybridized carbons (Fsp3) is 1.00. The van der Waals surface area contributed by atoms with Crippen molar-refractivity contribution in [1.29, 1.82) is 0 Å². The molecule has 1 nitrogen and oxygen atoms in total. The standard InChI is InChI=1S/C13H25N/c1-10(2)14-8-11(3)7-12-5-4-6-13(12)9-14/h10-13H,4-9H2,1-3H3. The van der Waals surface area contributed by atoms with Gasteiger partial charge in [0, 0.05) is 19.1 Å². The summed E-state index contributed by atoms with van der Waals surface area (Å²) in [5.41, 5.74) is 0. The Balaban J connectivity index is 2.03. The number of rotatable bonds is 1. The van der Waals surface area contributed by atoms with Gasteiger partial charge in [0.25, 0.3) is 0 Å². The van der Waals surface area contributed by atoms with Crippen LogP contribution in [0.5, 0.6) is 0 Å². The number of hydrogen-bond acceptors (Lipinski definition) is 1. The lowest BCUT2D eigenvalue weighted by Crippen LogP contribution is -2.36. The van der Waals surface area contributed by atoms with Crippen molar-refractivity contribution in [1.82, 2.24) is 4.90 Å². The lowest BCUT2D eigenvalue weighted by molar-refractivity contribution is 0.184. The van der Waals surface area contributed by atoms with Gasteiger partial charge in [-0.3, -0.25) is 0 Å². The van der Waals surface area contributed by atoms with Crippen LogP contribution in [0.15, 0.2) is 0 Å². The Hall–Kier alpha value is -0.0400. The van der Waals surface area contributed by atoms with Crippen molar-refractivity contribution in [2.45, 2.75) is 52.5 Å². The zero-order chi connectivity index (χ0) is 10.1. The van der Waals surface area contributed by atoms with Crippen molar-refractivity contribution < 1.29 is 0 Å². The van der Waals surface area contributed by atoms with Crippen LogP contribution in [0.4, 0.5) is 0 Å². The average molecular weight is 195 g/mol. The van der Waals surface area contributed by atoms with Crippen molar-refractivity contribution in [2.24, 2.45) is 17.8 Å². The summed E-state index contributed by atoms with van der Waals surface area (Å²) in [7, 11) is 0. The van der Waals surface area contributed by atoms with Gasteiger partial charge < -0.3 is 4.90 Å². The third-order valence-corrected chi connectivity index (χ3v) is 4.27. The molecule has 2 rings (SSSR count). The fourth-order valence-corrected chi connectivity index (χ4v) is 3.45. The molecule has 0 spiro atoms. The van der Waals surface area contributed by atoms with Gasteiger partial charge in [-0.05, 0) is 44.4 Å². The number of likely N-dealkylation sites (tertiary alicyclic amines) is 1. The number of nitrogens with zero attached hydrogens (tertiary/aromatic N) is 1. The highest BCUT2D eigenvalue weighted by Crippen LogP contribution is 2.39. The number of fused-ring (bicyclic) bond motifs is 1. The van der Waals surface area contributed by atoms with Crippen molar-refractivity contribution in [3.63, 3.8) is 0 Å². The SMILES string of the molecule is CC1CC2CCCC2CN(C(C)C)C1. The second kappa shape index (κ2) is 4.22. The van der Waals surface area contributed by atoms with E-state index in [2.05, 4.69) is 25.7 Å². The molecule has 1 heteroatoms. The quantitative estimate of drug-likeness (QED) is 0.621. The Labute approximate surface area is 88.9 Å². The van der Waals surface area contributed by atoms with Crippen molar-refractivity contribution in [3.05, 3.63) is 0 Å². The monoisotopic (exact) mass is 195 g/mol. The van der Waals surface area contributed by atoms with E-state index in [1.54, 1.807) is 0 Å². The van der Waals surface area contributed by atoms with Crippen LogP contribution in [0.3, 0.4) is 0 Å². The van der Waals surface area contributed by atoms with E-state index >= 15 is 0 Å². The predicted molar refractivity (Wildman–Crippen MR) is 61.3 cm³/mol. The molecular formula is C13H25N. The summed E-state index contributed by atoms with van der Waals surface area (Å²) < 4.78 is 0. The Kier molecular flexibility index (Phi) is 3.16. The predicted octanol–water partition coefficient (Wildman–Crippen LogP) is 3.15. The molecule has 0 amide bonds. The molecule has 2 aliphatic rings. The minimum atomic E-state index is 0.747. The molecule has 14 heavy (non-hydrogen) atoms. The highest BCUT2D eigenvalue weighted by molar-refractivity contribution is 4.86. The molecule has 82 valence electrons. The molecule has 1 saturated heterocycles. The maximum Gasteiger partial charge on any atom is 0.00388 e. The van der Waals surface area contributed by atoms with Crippen LogP contribution in [0.25, 0.3) is 0 Å². The second-order valence-corrected chi connectivity index (χ2v) is 5.84. The first kappa shape index (κ1) is 10.5. The normalized spacial score (nSPS) is 39.9. The summed E-state index contributed by atoms with van der Waals surface area (Å²) in [5.74, 6) is 3.02. The molecule has 0 aromatic heterocycles. The summed E-state index contributed by atoms with van der Waals surface area (Å²) in [5, 5.41) is 0. The molecule has 3 atom stereocenters. The summed E-state index contributed by atoms with van der Waals surface area (Å²) in [6.45, 7) is 9.86. The van der Waals surface area contributed by atoms with Gasteiger partial charge in [-0.15, -0.1) is 0 Å². The van der Waals surface area contributed by atoms with E-state index < -0.39 is 0 Å². The van der Waals surface area contributed by atoms with Crippen LogP contribution in [-0.4, -0.2) is 24.0 Å². The molecule has 0 radical (unpaired) electrons.